The van der Waals surface area contributed by atoms with Gasteiger partial charge in [0, 0.05) is 13.2 Å². The molecule has 0 saturated carbocycles. The van der Waals surface area contributed by atoms with E-state index in [1.54, 1.807) is 25.6 Å². The maximum atomic E-state index is 5.67. The number of nitrogens with zero attached hydrogens (tertiary/aromatic N) is 1. The summed E-state index contributed by atoms with van der Waals surface area (Å²) in [6.45, 7) is 1.98. The molecule has 20 heavy (non-hydrogen) atoms. The van der Waals surface area contributed by atoms with Crippen molar-refractivity contribution in [3.05, 3.63) is 40.6 Å². The van der Waals surface area contributed by atoms with E-state index in [-0.39, 0.29) is 0 Å². The van der Waals surface area contributed by atoms with Crippen LogP contribution in [-0.4, -0.2) is 25.7 Å². The Balaban J connectivity index is 2.13. The third kappa shape index (κ3) is 2.09. The van der Waals surface area contributed by atoms with Crippen LogP contribution in [0.15, 0.2) is 40.7 Å². The molecular formula is C15H16N2O2S. The van der Waals surface area contributed by atoms with Gasteiger partial charge in [-0.15, -0.1) is 11.3 Å². The van der Waals surface area contributed by atoms with Crippen molar-refractivity contribution in [1.82, 2.24) is 0 Å². The van der Waals surface area contributed by atoms with Gasteiger partial charge >= 0.3 is 0 Å². The summed E-state index contributed by atoms with van der Waals surface area (Å²) in [4.78, 5) is 5.87. The molecule has 1 N–H and O–H groups in total. The number of benzene rings is 1. The van der Waals surface area contributed by atoms with Crippen LogP contribution in [0.5, 0.6) is 5.75 Å². The predicted octanol–water partition coefficient (Wildman–Crippen LogP) is 3.67. The van der Waals surface area contributed by atoms with Gasteiger partial charge in [-0.2, -0.15) is 0 Å². The van der Waals surface area contributed by atoms with E-state index in [1.165, 1.54) is 0 Å². The minimum absolute atomic E-state index is 0.649. The molecule has 1 unspecified atom stereocenters. The lowest BCUT2D eigenvalue weighted by atomic mass is 10.0. The summed E-state index contributed by atoms with van der Waals surface area (Å²) in [6, 6.07) is 9.86. The minimum atomic E-state index is -0.649. The number of rotatable bonds is 3. The van der Waals surface area contributed by atoms with Crippen LogP contribution in [0.25, 0.3) is 0 Å². The number of nitrogens with one attached hydrogen (secondary N) is 1. The van der Waals surface area contributed by atoms with Crippen LogP contribution in [0, 0.1) is 0 Å². The highest BCUT2D eigenvalue weighted by Gasteiger charge is 2.36. The summed E-state index contributed by atoms with van der Waals surface area (Å²) in [5.74, 6) is 0.796. The monoisotopic (exact) mass is 288 g/mol. The maximum Gasteiger partial charge on any atom is 0.180 e. The van der Waals surface area contributed by atoms with Crippen molar-refractivity contribution in [2.45, 2.75) is 12.6 Å². The first-order valence-corrected chi connectivity index (χ1v) is 7.18. The predicted molar refractivity (Wildman–Crippen MR) is 82.5 cm³/mol. The Morgan fingerprint density at radius 1 is 1.25 bits per heavy atom. The number of thiophene rings is 1. The van der Waals surface area contributed by atoms with Crippen molar-refractivity contribution < 1.29 is 9.47 Å². The highest BCUT2D eigenvalue weighted by molar-refractivity contribution is 7.12. The molecule has 0 fully saturated rings. The smallest absolute Gasteiger partial charge is 0.180 e. The van der Waals surface area contributed by atoms with Gasteiger partial charge < -0.3 is 14.8 Å². The van der Waals surface area contributed by atoms with Crippen molar-refractivity contribution in [1.29, 1.82) is 0 Å². The Bertz CT molecular complexity index is 652. The molecule has 4 nitrogen and oxygen atoms in total. The van der Waals surface area contributed by atoms with Crippen LogP contribution in [0.2, 0.25) is 0 Å². The van der Waals surface area contributed by atoms with Gasteiger partial charge in [-0.1, -0.05) is 6.07 Å². The van der Waals surface area contributed by atoms with E-state index in [2.05, 4.69) is 11.4 Å². The van der Waals surface area contributed by atoms with E-state index in [0.29, 0.717) is 0 Å². The van der Waals surface area contributed by atoms with Crippen LogP contribution in [0.1, 0.15) is 11.8 Å². The Hall–Kier alpha value is -1.85. The number of ether oxygens (including phenoxy) is 2. The molecule has 0 saturated heterocycles. The molecule has 0 radical (unpaired) electrons. The quantitative estimate of drug-likeness (QED) is 0.937. The van der Waals surface area contributed by atoms with Crippen LogP contribution < -0.4 is 10.1 Å². The Labute approximate surface area is 122 Å². The third-order valence-corrected chi connectivity index (χ3v) is 4.30. The molecule has 0 bridgehead atoms. The van der Waals surface area contributed by atoms with Gasteiger partial charge in [-0.05, 0) is 30.5 Å². The van der Waals surface area contributed by atoms with Gasteiger partial charge in [0.05, 0.1) is 23.4 Å². The largest absolute Gasteiger partial charge is 0.497 e. The van der Waals surface area contributed by atoms with Crippen LogP contribution in [0.3, 0.4) is 0 Å². The normalized spacial score (nSPS) is 20.9. The summed E-state index contributed by atoms with van der Waals surface area (Å²) >= 11 is 1.65. The summed E-state index contributed by atoms with van der Waals surface area (Å²) in [5, 5.41) is 5.45. The van der Waals surface area contributed by atoms with Crippen molar-refractivity contribution in [2.24, 2.45) is 4.99 Å². The van der Waals surface area contributed by atoms with E-state index in [4.69, 9.17) is 14.5 Å². The van der Waals surface area contributed by atoms with Gasteiger partial charge in [0.2, 0.25) is 0 Å². The second kappa shape index (κ2) is 4.92. The first-order valence-electron chi connectivity index (χ1n) is 6.31. The first-order chi connectivity index (χ1) is 9.66. The standard InChI is InChI=1S/C15H16N2O2S/c1-15(19-3)14(13-5-4-8-20-13)16-11-7-6-10(18-2)9-12(11)17-15/h4-9,17H,1-3H3. The summed E-state index contributed by atoms with van der Waals surface area (Å²) < 4.78 is 10.9. The van der Waals surface area contributed by atoms with Crippen molar-refractivity contribution >= 4 is 28.4 Å². The molecule has 2 heterocycles. The molecule has 5 heteroatoms. The second-order valence-corrected chi connectivity index (χ2v) is 5.63. The molecule has 1 aromatic heterocycles. The zero-order valence-electron chi connectivity index (χ0n) is 11.6. The topological polar surface area (TPSA) is 42.8 Å². The fourth-order valence-electron chi connectivity index (χ4n) is 2.23. The molecule has 1 atom stereocenters. The van der Waals surface area contributed by atoms with E-state index in [0.717, 1.165) is 27.7 Å². The molecule has 0 spiro atoms. The maximum absolute atomic E-state index is 5.67. The van der Waals surface area contributed by atoms with E-state index >= 15 is 0 Å². The Morgan fingerprint density at radius 3 is 2.75 bits per heavy atom. The SMILES string of the molecule is COc1ccc2c(c1)NC(C)(OC)C(c1cccs1)=N2. The number of methoxy groups -OCH3 is 2. The molecule has 3 rings (SSSR count). The lowest BCUT2D eigenvalue weighted by Gasteiger charge is -2.35. The number of aliphatic imine (C=N–C) groups is 1. The number of hydrogen-bond acceptors (Lipinski definition) is 5. The molecule has 1 aromatic carbocycles. The Kier molecular flexibility index (Phi) is 3.23. The summed E-state index contributed by atoms with van der Waals surface area (Å²) in [7, 11) is 3.34. The number of fused-ring (bicyclic) bond motifs is 1. The molecule has 1 aliphatic rings. The highest BCUT2D eigenvalue weighted by Crippen LogP contribution is 2.38. The summed E-state index contributed by atoms with van der Waals surface area (Å²) in [5.41, 5.74) is 2.05. The number of anilines is 1. The summed E-state index contributed by atoms with van der Waals surface area (Å²) in [6.07, 6.45) is 0. The molecular weight excluding hydrogens is 272 g/mol. The van der Waals surface area contributed by atoms with Crippen LogP contribution in [0.4, 0.5) is 11.4 Å². The van der Waals surface area contributed by atoms with Gasteiger partial charge in [-0.3, -0.25) is 0 Å². The van der Waals surface area contributed by atoms with Crippen LogP contribution in [-0.2, 0) is 4.74 Å². The number of hydrogen-bond donors (Lipinski definition) is 1. The average molecular weight is 288 g/mol. The zero-order valence-corrected chi connectivity index (χ0v) is 12.5. The van der Waals surface area contributed by atoms with Gasteiger partial charge in [0.1, 0.15) is 11.5 Å². The molecule has 2 aromatic rings. The average Bonchev–Trinajstić information content (AvgIpc) is 2.99. The van der Waals surface area contributed by atoms with Gasteiger partial charge in [-0.25, -0.2) is 4.99 Å². The van der Waals surface area contributed by atoms with E-state index in [9.17, 15) is 0 Å². The van der Waals surface area contributed by atoms with Gasteiger partial charge in [0.25, 0.3) is 0 Å². The molecule has 0 aliphatic carbocycles. The third-order valence-electron chi connectivity index (χ3n) is 3.42. The second-order valence-electron chi connectivity index (χ2n) is 4.68. The minimum Gasteiger partial charge on any atom is -0.497 e. The van der Waals surface area contributed by atoms with Crippen molar-refractivity contribution in [2.75, 3.05) is 19.5 Å². The van der Waals surface area contributed by atoms with Crippen molar-refractivity contribution in [3.8, 4) is 5.75 Å². The zero-order chi connectivity index (χ0) is 14.2. The molecule has 0 amide bonds. The lowest BCUT2D eigenvalue weighted by molar-refractivity contribution is 0.0905. The molecule has 104 valence electrons. The van der Waals surface area contributed by atoms with Crippen LogP contribution >= 0.6 is 11.3 Å². The first kappa shape index (κ1) is 13.1. The Morgan fingerprint density at radius 2 is 2.10 bits per heavy atom. The van der Waals surface area contributed by atoms with E-state index in [1.807, 2.05) is 36.6 Å². The fourth-order valence-corrected chi connectivity index (χ4v) is 3.05. The highest BCUT2D eigenvalue weighted by atomic mass is 32.1. The van der Waals surface area contributed by atoms with Crippen molar-refractivity contribution in [3.63, 3.8) is 0 Å². The lowest BCUT2D eigenvalue weighted by Crippen LogP contribution is -2.47. The fraction of sp³-hybridized carbons (Fsp3) is 0.267. The van der Waals surface area contributed by atoms with E-state index < -0.39 is 5.72 Å². The molecule has 1 aliphatic heterocycles. The van der Waals surface area contributed by atoms with Gasteiger partial charge in [0.15, 0.2) is 5.72 Å².